The van der Waals surface area contributed by atoms with E-state index in [4.69, 9.17) is 10.3 Å². The largest absolute Gasteiger partial charge is 0.390 e. The summed E-state index contributed by atoms with van der Waals surface area (Å²) in [5.74, 6) is 1.24. The SMILES string of the molecule is Cc1cc(-c2nc(CSc3cccc(F)c3)no2)c(N)s1. The molecule has 2 N–H and O–H groups in total. The van der Waals surface area contributed by atoms with Gasteiger partial charge in [0.2, 0.25) is 0 Å². The molecule has 0 fully saturated rings. The van der Waals surface area contributed by atoms with Crippen LogP contribution in [0, 0.1) is 12.7 Å². The first-order chi connectivity index (χ1) is 10.1. The zero-order valence-corrected chi connectivity index (χ0v) is 12.8. The van der Waals surface area contributed by atoms with Crippen molar-refractivity contribution >= 4 is 28.1 Å². The zero-order valence-electron chi connectivity index (χ0n) is 11.2. The summed E-state index contributed by atoms with van der Waals surface area (Å²) in [6.07, 6.45) is 0. The average molecular weight is 321 g/mol. The van der Waals surface area contributed by atoms with Crippen LogP contribution < -0.4 is 5.73 Å². The molecule has 108 valence electrons. The van der Waals surface area contributed by atoms with Gasteiger partial charge in [-0.25, -0.2) is 4.39 Å². The number of hydrogen-bond acceptors (Lipinski definition) is 6. The normalized spacial score (nSPS) is 11.0. The molecular weight excluding hydrogens is 309 g/mol. The van der Waals surface area contributed by atoms with Crippen molar-refractivity contribution in [1.82, 2.24) is 10.1 Å². The van der Waals surface area contributed by atoms with Crippen LogP contribution in [0.25, 0.3) is 11.5 Å². The van der Waals surface area contributed by atoms with Gasteiger partial charge in [0, 0.05) is 9.77 Å². The van der Waals surface area contributed by atoms with E-state index < -0.39 is 0 Å². The Bertz CT molecular complexity index is 769. The predicted molar refractivity (Wildman–Crippen MR) is 82.7 cm³/mol. The second kappa shape index (κ2) is 5.87. The standard InChI is InChI=1S/C14H12FN3OS2/c1-8-5-11(13(16)21-8)14-17-12(18-19-14)7-20-10-4-2-3-9(15)6-10/h2-6H,7,16H2,1H3. The lowest BCUT2D eigenvalue weighted by Gasteiger charge is -1.97. The summed E-state index contributed by atoms with van der Waals surface area (Å²) in [6, 6.07) is 8.34. The Morgan fingerprint density at radius 2 is 2.24 bits per heavy atom. The fourth-order valence-electron chi connectivity index (χ4n) is 1.83. The van der Waals surface area contributed by atoms with E-state index in [2.05, 4.69) is 10.1 Å². The average Bonchev–Trinajstić information content (AvgIpc) is 3.03. The second-order valence-corrected chi connectivity index (χ2v) is 6.73. The molecule has 0 aliphatic carbocycles. The molecule has 0 aliphatic rings. The molecule has 1 aromatic carbocycles. The highest BCUT2D eigenvalue weighted by atomic mass is 32.2. The van der Waals surface area contributed by atoms with Crippen molar-refractivity contribution in [3.8, 4) is 11.5 Å². The monoisotopic (exact) mass is 321 g/mol. The van der Waals surface area contributed by atoms with Crippen LogP contribution in [0.1, 0.15) is 10.7 Å². The molecular formula is C14H12FN3OS2. The summed E-state index contributed by atoms with van der Waals surface area (Å²) in [5.41, 5.74) is 6.68. The number of hydrogen-bond donors (Lipinski definition) is 1. The van der Waals surface area contributed by atoms with Crippen molar-refractivity contribution in [3.63, 3.8) is 0 Å². The summed E-state index contributed by atoms with van der Waals surface area (Å²) >= 11 is 2.94. The number of aryl methyl sites for hydroxylation is 1. The molecule has 0 saturated carbocycles. The van der Waals surface area contributed by atoms with E-state index >= 15 is 0 Å². The van der Waals surface area contributed by atoms with Crippen molar-refractivity contribution < 1.29 is 8.91 Å². The molecule has 0 bridgehead atoms. The second-order valence-electron chi connectivity index (χ2n) is 4.40. The Hall–Kier alpha value is -1.86. The molecule has 0 unspecified atom stereocenters. The number of aromatic nitrogens is 2. The predicted octanol–water partition coefficient (Wildman–Crippen LogP) is 4.12. The number of nitrogens with two attached hydrogens (primary N) is 1. The van der Waals surface area contributed by atoms with Crippen LogP contribution in [-0.4, -0.2) is 10.1 Å². The molecule has 3 rings (SSSR count). The highest BCUT2D eigenvalue weighted by Crippen LogP contribution is 2.33. The van der Waals surface area contributed by atoms with Crippen LogP contribution in [-0.2, 0) is 5.75 Å². The van der Waals surface area contributed by atoms with E-state index in [9.17, 15) is 4.39 Å². The zero-order chi connectivity index (χ0) is 14.8. The number of thioether (sulfide) groups is 1. The summed E-state index contributed by atoms with van der Waals surface area (Å²) in [5, 5.41) is 4.60. The lowest BCUT2D eigenvalue weighted by Crippen LogP contribution is -1.86. The fourth-order valence-corrected chi connectivity index (χ4v) is 3.39. The molecule has 21 heavy (non-hydrogen) atoms. The smallest absolute Gasteiger partial charge is 0.260 e. The summed E-state index contributed by atoms with van der Waals surface area (Å²) in [7, 11) is 0. The number of halogens is 1. The van der Waals surface area contributed by atoms with Crippen LogP contribution in [0.2, 0.25) is 0 Å². The molecule has 2 aromatic heterocycles. The minimum atomic E-state index is -0.254. The minimum absolute atomic E-state index is 0.254. The van der Waals surface area contributed by atoms with Crippen LogP contribution in [0.3, 0.4) is 0 Å². The summed E-state index contributed by atoms with van der Waals surface area (Å²) < 4.78 is 18.3. The van der Waals surface area contributed by atoms with Gasteiger partial charge in [-0.2, -0.15) is 4.98 Å². The summed E-state index contributed by atoms with van der Waals surface area (Å²) in [4.78, 5) is 6.25. The molecule has 3 aromatic rings. The lowest BCUT2D eigenvalue weighted by molar-refractivity contribution is 0.425. The van der Waals surface area contributed by atoms with Crippen LogP contribution in [0.5, 0.6) is 0 Å². The Labute approximate surface area is 129 Å². The number of benzene rings is 1. The third kappa shape index (κ3) is 3.25. The van der Waals surface area contributed by atoms with Crippen molar-refractivity contribution in [1.29, 1.82) is 0 Å². The van der Waals surface area contributed by atoms with Crippen LogP contribution >= 0.6 is 23.1 Å². The molecule has 4 nitrogen and oxygen atoms in total. The van der Waals surface area contributed by atoms with Gasteiger partial charge in [-0.3, -0.25) is 0 Å². The van der Waals surface area contributed by atoms with Gasteiger partial charge >= 0.3 is 0 Å². The van der Waals surface area contributed by atoms with E-state index in [0.717, 1.165) is 15.3 Å². The molecule has 2 heterocycles. The molecule has 0 spiro atoms. The molecule has 0 atom stereocenters. The fraction of sp³-hybridized carbons (Fsp3) is 0.143. The van der Waals surface area contributed by atoms with E-state index in [0.29, 0.717) is 22.5 Å². The van der Waals surface area contributed by atoms with Gasteiger partial charge in [0.15, 0.2) is 5.82 Å². The maximum atomic E-state index is 13.1. The first kappa shape index (κ1) is 14.1. The lowest BCUT2D eigenvalue weighted by atomic mass is 10.3. The number of nitrogen functional groups attached to an aromatic ring is 1. The Morgan fingerprint density at radius 3 is 2.95 bits per heavy atom. The van der Waals surface area contributed by atoms with Gasteiger partial charge in [-0.15, -0.1) is 23.1 Å². The number of anilines is 1. The van der Waals surface area contributed by atoms with Gasteiger partial charge in [-0.05, 0) is 31.2 Å². The third-order valence-electron chi connectivity index (χ3n) is 2.75. The van der Waals surface area contributed by atoms with Crippen molar-refractivity contribution in [2.45, 2.75) is 17.6 Å². The highest BCUT2D eigenvalue weighted by molar-refractivity contribution is 7.98. The molecule has 0 saturated heterocycles. The quantitative estimate of drug-likeness (QED) is 0.732. The minimum Gasteiger partial charge on any atom is -0.390 e. The number of thiophene rings is 1. The Balaban J connectivity index is 1.72. The highest BCUT2D eigenvalue weighted by Gasteiger charge is 2.14. The van der Waals surface area contributed by atoms with E-state index in [1.807, 2.05) is 19.1 Å². The third-order valence-corrected chi connectivity index (χ3v) is 4.62. The molecule has 7 heteroatoms. The van der Waals surface area contributed by atoms with Crippen molar-refractivity contribution in [2.75, 3.05) is 5.73 Å². The maximum Gasteiger partial charge on any atom is 0.260 e. The first-order valence-electron chi connectivity index (χ1n) is 6.19. The van der Waals surface area contributed by atoms with Gasteiger partial charge in [0.25, 0.3) is 5.89 Å². The molecule has 0 aliphatic heterocycles. The Kier molecular flexibility index (Phi) is 3.94. The van der Waals surface area contributed by atoms with Gasteiger partial charge in [0.1, 0.15) is 5.82 Å². The van der Waals surface area contributed by atoms with Crippen molar-refractivity contribution in [3.05, 3.63) is 46.9 Å². The van der Waals surface area contributed by atoms with Crippen LogP contribution in [0.15, 0.2) is 39.8 Å². The topological polar surface area (TPSA) is 64.9 Å². The number of rotatable bonds is 4. The number of nitrogens with zero attached hydrogens (tertiary/aromatic N) is 2. The van der Waals surface area contributed by atoms with Crippen LogP contribution in [0.4, 0.5) is 9.39 Å². The Morgan fingerprint density at radius 1 is 1.38 bits per heavy atom. The van der Waals surface area contributed by atoms with Crippen molar-refractivity contribution in [2.24, 2.45) is 0 Å². The van der Waals surface area contributed by atoms with E-state index in [1.165, 1.54) is 35.2 Å². The molecule has 0 amide bonds. The summed E-state index contributed by atoms with van der Waals surface area (Å²) in [6.45, 7) is 1.97. The van der Waals surface area contributed by atoms with Gasteiger partial charge < -0.3 is 10.3 Å². The van der Waals surface area contributed by atoms with Gasteiger partial charge in [-0.1, -0.05) is 11.2 Å². The molecule has 0 radical (unpaired) electrons. The van der Waals surface area contributed by atoms with E-state index in [1.54, 1.807) is 6.07 Å². The van der Waals surface area contributed by atoms with Gasteiger partial charge in [0.05, 0.1) is 16.3 Å². The maximum absolute atomic E-state index is 13.1. The first-order valence-corrected chi connectivity index (χ1v) is 7.99. The van der Waals surface area contributed by atoms with E-state index in [-0.39, 0.29) is 5.82 Å².